The lowest BCUT2D eigenvalue weighted by Gasteiger charge is -2.17. The van der Waals surface area contributed by atoms with Crippen LogP contribution in [0.5, 0.6) is 0 Å². The van der Waals surface area contributed by atoms with Gasteiger partial charge in [0.15, 0.2) is 10.9 Å². The zero-order chi connectivity index (χ0) is 20.4. The van der Waals surface area contributed by atoms with E-state index in [4.69, 9.17) is 0 Å². The number of anilines is 2. The summed E-state index contributed by atoms with van der Waals surface area (Å²) in [7, 11) is 1.70. The normalized spacial score (nSPS) is 12.9. The van der Waals surface area contributed by atoms with Crippen molar-refractivity contribution in [3.05, 3.63) is 76.3 Å². The highest BCUT2D eigenvalue weighted by Crippen LogP contribution is 2.30. The van der Waals surface area contributed by atoms with Crippen LogP contribution in [0, 0.1) is 0 Å². The number of hydrogen-bond donors (Lipinski definition) is 1. The van der Waals surface area contributed by atoms with Gasteiger partial charge in [-0.15, -0.1) is 0 Å². The number of thiazole rings is 1. The first-order chi connectivity index (χ1) is 14.0. The first-order valence-corrected chi connectivity index (χ1v) is 10.1. The zero-order valence-electron chi connectivity index (χ0n) is 15.8. The molecule has 0 radical (unpaired) electrons. The van der Waals surface area contributed by atoms with E-state index in [0.29, 0.717) is 27.6 Å². The van der Waals surface area contributed by atoms with Gasteiger partial charge >= 0.3 is 0 Å². The maximum atomic E-state index is 12.8. The Morgan fingerprint density at radius 1 is 1.03 bits per heavy atom. The highest BCUT2D eigenvalue weighted by atomic mass is 32.1. The van der Waals surface area contributed by atoms with E-state index in [1.165, 1.54) is 16.2 Å². The van der Waals surface area contributed by atoms with E-state index in [0.717, 1.165) is 24.2 Å². The molecular weight excluding hydrogens is 386 g/mol. The van der Waals surface area contributed by atoms with Crippen LogP contribution in [0.25, 0.3) is 0 Å². The van der Waals surface area contributed by atoms with Crippen LogP contribution in [0.4, 0.5) is 10.8 Å². The Labute approximate surface area is 172 Å². The van der Waals surface area contributed by atoms with Gasteiger partial charge in [-0.2, -0.15) is 0 Å². The number of amides is 2. The molecule has 29 heavy (non-hydrogen) atoms. The van der Waals surface area contributed by atoms with Crippen molar-refractivity contribution < 1.29 is 14.4 Å². The van der Waals surface area contributed by atoms with Crippen molar-refractivity contribution >= 4 is 39.8 Å². The van der Waals surface area contributed by atoms with Crippen molar-refractivity contribution in [2.75, 3.05) is 17.3 Å². The molecule has 1 aliphatic rings. The number of hydrogen-bond acceptors (Lipinski definition) is 5. The molecule has 0 bridgehead atoms. The summed E-state index contributed by atoms with van der Waals surface area (Å²) in [5, 5.41) is 3.16. The molecule has 0 aliphatic heterocycles. The molecule has 1 heterocycles. The summed E-state index contributed by atoms with van der Waals surface area (Å²) in [6, 6.07) is 15.9. The van der Waals surface area contributed by atoms with E-state index < -0.39 is 0 Å². The van der Waals surface area contributed by atoms with Crippen LogP contribution in [0.2, 0.25) is 0 Å². The molecule has 146 valence electrons. The molecule has 0 saturated heterocycles. The number of carbonyl (C=O) groups is 3. The Balaban J connectivity index is 1.52. The molecule has 4 rings (SSSR count). The SMILES string of the molecule is CN(C(=O)c1cccc(C(=O)Nc2nc3c(s2)C(=O)CCC3)c1)c1ccccc1. The number of para-hydroxylation sites is 1. The highest BCUT2D eigenvalue weighted by molar-refractivity contribution is 7.17. The molecule has 2 amide bonds. The average Bonchev–Trinajstić information content (AvgIpc) is 3.17. The summed E-state index contributed by atoms with van der Waals surface area (Å²) >= 11 is 1.21. The van der Waals surface area contributed by atoms with Crippen molar-refractivity contribution in [2.45, 2.75) is 19.3 Å². The monoisotopic (exact) mass is 405 g/mol. The molecule has 0 saturated carbocycles. The summed E-state index contributed by atoms with van der Waals surface area (Å²) in [6.07, 6.45) is 2.08. The van der Waals surface area contributed by atoms with Crippen LogP contribution in [-0.4, -0.2) is 29.6 Å². The van der Waals surface area contributed by atoms with Crippen molar-refractivity contribution in [3.8, 4) is 0 Å². The second kappa shape index (κ2) is 7.97. The average molecular weight is 405 g/mol. The van der Waals surface area contributed by atoms with Crippen molar-refractivity contribution in [1.29, 1.82) is 0 Å². The Morgan fingerprint density at radius 2 is 1.79 bits per heavy atom. The van der Waals surface area contributed by atoms with Crippen LogP contribution in [0.3, 0.4) is 0 Å². The van der Waals surface area contributed by atoms with Crippen molar-refractivity contribution in [1.82, 2.24) is 4.98 Å². The first-order valence-electron chi connectivity index (χ1n) is 9.30. The summed E-state index contributed by atoms with van der Waals surface area (Å²) in [5.74, 6) is -0.484. The predicted octanol–water partition coefficient (Wildman–Crippen LogP) is 4.19. The molecule has 7 heteroatoms. The number of aryl methyl sites for hydroxylation is 1. The van der Waals surface area contributed by atoms with Gasteiger partial charge in [-0.1, -0.05) is 35.6 Å². The maximum absolute atomic E-state index is 12.8. The van der Waals surface area contributed by atoms with Gasteiger partial charge in [0, 0.05) is 30.3 Å². The van der Waals surface area contributed by atoms with E-state index >= 15 is 0 Å². The number of Topliss-reactive ketones (excluding diaryl/α,β-unsaturated/α-hetero) is 1. The lowest BCUT2D eigenvalue weighted by atomic mass is 10.0. The van der Waals surface area contributed by atoms with E-state index in [9.17, 15) is 14.4 Å². The number of ketones is 1. The molecule has 0 atom stereocenters. The fraction of sp³-hybridized carbons (Fsp3) is 0.182. The number of fused-ring (bicyclic) bond motifs is 1. The quantitative estimate of drug-likeness (QED) is 0.706. The van der Waals surface area contributed by atoms with Gasteiger partial charge in [-0.3, -0.25) is 19.7 Å². The third-order valence-electron chi connectivity index (χ3n) is 4.81. The molecule has 1 N–H and O–H groups in total. The van der Waals surface area contributed by atoms with Crippen LogP contribution in [-0.2, 0) is 6.42 Å². The number of nitrogens with one attached hydrogen (secondary N) is 1. The van der Waals surface area contributed by atoms with E-state index in [1.807, 2.05) is 30.3 Å². The van der Waals surface area contributed by atoms with Gasteiger partial charge in [0.2, 0.25) is 0 Å². The minimum atomic E-state index is -0.361. The standard InChI is InChI=1S/C22H19N3O3S/c1-25(16-9-3-2-4-10-16)21(28)15-8-5-7-14(13-15)20(27)24-22-23-17-11-6-12-18(26)19(17)29-22/h2-5,7-10,13H,6,11-12H2,1H3,(H,23,24,27). The van der Waals surface area contributed by atoms with Gasteiger partial charge in [-0.05, 0) is 43.2 Å². The largest absolute Gasteiger partial charge is 0.311 e. The Hall–Kier alpha value is -3.32. The van der Waals surface area contributed by atoms with Crippen LogP contribution < -0.4 is 10.2 Å². The highest BCUT2D eigenvalue weighted by Gasteiger charge is 2.23. The molecule has 6 nitrogen and oxygen atoms in total. The van der Waals surface area contributed by atoms with Crippen molar-refractivity contribution in [2.24, 2.45) is 0 Å². The summed E-state index contributed by atoms with van der Waals surface area (Å²) in [6.45, 7) is 0. The van der Waals surface area contributed by atoms with Gasteiger partial charge in [0.25, 0.3) is 11.8 Å². The number of aromatic nitrogens is 1. The molecular formula is C22H19N3O3S. The molecule has 1 aliphatic carbocycles. The third kappa shape index (κ3) is 3.95. The Bertz CT molecular complexity index is 1090. The fourth-order valence-electron chi connectivity index (χ4n) is 3.25. The number of benzene rings is 2. The molecule has 0 fully saturated rings. The zero-order valence-corrected chi connectivity index (χ0v) is 16.7. The summed E-state index contributed by atoms with van der Waals surface area (Å²) < 4.78 is 0. The molecule has 0 unspecified atom stereocenters. The van der Waals surface area contributed by atoms with Crippen LogP contribution >= 0.6 is 11.3 Å². The second-order valence-corrected chi connectivity index (χ2v) is 7.81. The van der Waals surface area contributed by atoms with E-state index in [2.05, 4.69) is 10.3 Å². The number of nitrogens with zero attached hydrogens (tertiary/aromatic N) is 2. The van der Waals surface area contributed by atoms with Gasteiger partial charge in [-0.25, -0.2) is 4.98 Å². The van der Waals surface area contributed by atoms with Crippen LogP contribution in [0.15, 0.2) is 54.6 Å². The predicted molar refractivity (Wildman–Crippen MR) is 113 cm³/mol. The molecule has 3 aromatic rings. The molecule has 0 spiro atoms. The lowest BCUT2D eigenvalue weighted by molar-refractivity contribution is 0.0972. The maximum Gasteiger partial charge on any atom is 0.258 e. The minimum absolute atomic E-state index is 0.0841. The van der Waals surface area contributed by atoms with E-state index in [-0.39, 0.29) is 17.6 Å². The summed E-state index contributed by atoms with van der Waals surface area (Å²) in [5.41, 5.74) is 2.30. The second-order valence-electron chi connectivity index (χ2n) is 6.81. The van der Waals surface area contributed by atoms with Crippen LogP contribution in [0.1, 0.15) is 48.9 Å². The first kappa shape index (κ1) is 19.0. The minimum Gasteiger partial charge on any atom is -0.311 e. The van der Waals surface area contributed by atoms with E-state index in [1.54, 1.807) is 31.3 Å². The summed E-state index contributed by atoms with van der Waals surface area (Å²) in [4.78, 5) is 44.0. The topological polar surface area (TPSA) is 79.4 Å². The number of carbonyl (C=O) groups excluding carboxylic acids is 3. The fourth-order valence-corrected chi connectivity index (χ4v) is 4.22. The van der Waals surface area contributed by atoms with Gasteiger partial charge in [0.05, 0.1) is 10.6 Å². The smallest absolute Gasteiger partial charge is 0.258 e. The lowest BCUT2D eigenvalue weighted by Crippen LogP contribution is -2.26. The molecule has 2 aromatic carbocycles. The number of rotatable bonds is 4. The van der Waals surface area contributed by atoms with Gasteiger partial charge < -0.3 is 4.90 Å². The Kier molecular flexibility index (Phi) is 5.22. The Morgan fingerprint density at radius 3 is 2.55 bits per heavy atom. The third-order valence-corrected chi connectivity index (χ3v) is 5.86. The van der Waals surface area contributed by atoms with Crippen molar-refractivity contribution in [3.63, 3.8) is 0 Å². The van der Waals surface area contributed by atoms with Gasteiger partial charge in [0.1, 0.15) is 0 Å². The molecule has 1 aromatic heterocycles.